The molecule has 2 N–H and O–H groups in total. The summed E-state index contributed by atoms with van der Waals surface area (Å²) in [6.45, 7) is 1.95. The van der Waals surface area contributed by atoms with E-state index in [1.165, 1.54) is 23.5 Å². The van der Waals surface area contributed by atoms with Crippen molar-refractivity contribution in [3.8, 4) is 0 Å². The number of carbonyl (C=O) groups is 1. The van der Waals surface area contributed by atoms with Crippen LogP contribution in [0.2, 0.25) is 5.02 Å². The summed E-state index contributed by atoms with van der Waals surface area (Å²) >= 11 is 7.52. The molecule has 1 aliphatic carbocycles. The minimum absolute atomic E-state index is 0.0417. The number of anilines is 1. The van der Waals surface area contributed by atoms with Gasteiger partial charge in [0.1, 0.15) is 5.69 Å². The zero-order valence-electron chi connectivity index (χ0n) is 16.7. The summed E-state index contributed by atoms with van der Waals surface area (Å²) in [5.41, 5.74) is -0.361. The highest BCUT2D eigenvalue weighted by atomic mass is 35.5. The summed E-state index contributed by atoms with van der Waals surface area (Å²) < 4.78 is 40.1. The van der Waals surface area contributed by atoms with E-state index in [1.54, 1.807) is 12.1 Å². The van der Waals surface area contributed by atoms with Gasteiger partial charge in [-0.3, -0.25) is 4.79 Å². The van der Waals surface area contributed by atoms with Crippen molar-refractivity contribution in [1.29, 1.82) is 0 Å². The van der Waals surface area contributed by atoms with Gasteiger partial charge < -0.3 is 10.6 Å². The van der Waals surface area contributed by atoms with Gasteiger partial charge in [-0.05, 0) is 69.0 Å². The van der Waals surface area contributed by atoms with Crippen LogP contribution in [0.5, 0.6) is 0 Å². The van der Waals surface area contributed by atoms with Crippen LogP contribution in [0.4, 0.5) is 18.9 Å². The van der Waals surface area contributed by atoms with E-state index in [1.807, 2.05) is 13.0 Å². The smallest absolute Gasteiger partial charge is 0.382 e. The highest BCUT2D eigenvalue weighted by molar-refractivity contribution is 7.13. The molecule has 1 aromatic carbocycles. The van der Waals surface area contributed by atoms with Gasteiger partial charge in [-0.2, -0.15) is 13.2 Å². The molecule has 1 fully saturated rings. The number of pyridine rings is 1. The van der Waals surface area contributed by atoms with E-state index in [4.69, 9.17) is 11.6 Å². The Morgan fingerprint density at radius 1 is 1.16 bits per heavy atom. The molecule has 2 atom stereocenters. The Hall–Kier alpha value is -2.32. The third-order valence-electron chi connectivity index (χ3n) is 5.39. The minimum Gasteiger partial charge on any atom is -0.382 e. The van der Waals surface area contributed by atoms with E-state index < -0.39 is 11.9 Å². The number of alkyl halides is 3. The lowest BCUT2D eigenvalue weighted by atomic mass is 9.90. The van der Waals surface area contributed by atoms with Crippen molar-refractivity contribution in [2.75, 3.05) is 5.32 Å². The Labute approximate surface area is 186 Å². The Kier molecular flexibility index (Phi) is 6.12. The van der Waals surface area contributed by atoms with Crippen molar-refractivity contribution in [2.45, 2.75) is 50.9 Å². The van der Waals surface area contributed by atoms with Crippen molar-refractivity contribution in [2.24, 2.45) is 0 Å². The van der Waals surface area contributed by atoms with Gasteiger partial charge in [-0.25, -0.2) is 4.98 Å². The molecule has 1 aliphatic rings. The number of rotatable bonds is 4. The van der Waals surface area contributed by atoms with E-state index >= 15 is 0 Å². The first kappa shape index (κ1) is 21.9. The molecule has 3 aromatic rings. The number of carbonyl (C=O) groups excluding carboxylic acids is 1. The lowest BCUT2D eigenvalue weighted by Gasteiger charge is -2.31. The van der Waals surface area contributed by atoms with Crippen LogP contribution in [0.3, 0.4) is 0 Å². The molecule has 0 saturated heterocycles. The van der Waals surface area contributed by atoms with Gasteiger partial charge in [0.15, 0.2) is 0 Å². The number of halogens is 4. The number of hydrogen-bond donors (Lipinski definition) is 2. The number of aromatic nitrogens is 1. The summed E-state index contributed by atoms with van der Waals surface area (Å²) in [6, 6.07) is 9.27. The summed E-state index contributed by atoms with van der Waals surface area (Å²) in [5, 5.41) is 7.30. The third kappa shape index (κ3) is 5.13. The maximum Gasteiger partial charge on any atom is 0.433 e. The molecule has 0 bridgehead atoms. The molecule has 9 heteroatoms. The molecule has 2 aromatic heterocycles. The molecule has 1 amide bonds. The molecule has 1 saturated carbocycles. The van der Waals surface area contributed by atoms with Crippen LogP contribution in [-0.4, -0.2) is 23.0 Å². The fraction of sp³-hybridized carbons (Fsp3) is 0.364. The monoisotopic (exact) mass is 467 g/mol. The van der Waals surface area contributed by atoms with Gasteiger partial charge in [0, 0.05) is 33.1 Å². The molecule has 0 radical (unpaired) electrons. The number of amides is 1. The molecule has 0 unspecified atom stereocenters. The van der Waals surface area contributed by atoms with Crippen LogP contribution < -0.4 is 10.6 Å². The fourth-order valence-corrected chi connectivity index (χ4v) is 4.89. The first-order valence-electron chi connectivity index (χ1n) is 10.0. The maximum atomic E-state index is 13.4. The summed E-state index contributed by atoms with van der Waals surface area (Å²) in [4.78, 5) is 18.0. The molecule has 0 aliphatic heterocycles. The average molecular weight is 468 g/mol. The Balaban J connectivity index is 1.54. The second-order valence-electron chi connectivity index (χ2n) is 7.80. The number of fused-ring (bicyclic) bond motifs is 1. The number of hydrogen-bond acceptors (Lipinski definition) is 4. The van der Waals surface area contributed by atoms with Crippen LogP contribution in [-0.2, 0) is 6.18 Å². The van der Waals surface area contributed by atoms with E-state index in [-0.39, 0.29) is 23.5 Å². The zero-order valence-corrected chi connectivity index (χ0v) is 18.3. The minimum atomic E-state index is -4.55. The van der Waals surface area contributed by atoms with Crippen molar-refractivity contribution in [3.63, 3.8) is 0 Å². The number of aryl methyl sites for hydroxylation is 1. The van der Waals surface area contributed by atoms with Crippen LogP contribution in [0, 0.1) is 6.92 Å². The van der Waals surface area contributed by atoms with Crippen LogP contribution in [0.15, 0.2) is 36.4 Å². The van der Waals surface area contributed by atoms with Gasteiger partial charge in [0.25, 0.3) is 5.91 Å². The van der Waals surface area contributed by atoms with Gasteiger partial charge in [-0.15, -0.1) is 11.3 Å². The Bertz CT molecular complexity index is 1120. The topological polar surface area (TPSA) is 54.0 Å². The molecule has 2 heterocycles. The predicted molar refractivity (Wildman–Crippen MR) is 118 cm³/mol. The lowest BCUT2D eigenvalue weighted by molar-refractivity contribution is -0.140. The molecular weight excluding hydrogens is 447 g/mol. The molecule has 4 rings (SSSR count). The van der Waals surface area contributed by atoms with Crippen LogP contribution in [0.25, 0.3) is 10.9 Å². The second-order valence-corrected chi connectivity index (χ2v) is 9.53. The molecular formula is C22H21ClF3N3OS. The lowest BCUT2D eigenvalue weighted by Crippen LogP contribution is -2.41. The molecule has 0 spiro atoms. The highest BCUT2D eigenvalue weighted by Gasteiger charge is 2.34. The zero-order chi connectivity index (χ0) is 22.2. The van der Waals surface area contributed by atoms with Crippen molar-refractivity contribution < 1.29 is 18.0 Å². The SMILES string of the molecule is Cc1ccc(C(=O)N[C@@H]2CCC[C@H](Nc3cc(C(F)(F)F)nc4ccc(Cl)cc34)C2)s1. The van der Waals surface area contributed by atoms with E-state index in [2.05, 4.69) is 15.6 Å². The number of nitrogens with one attached hydrogen (secondary N) is 2. The quantitative estimate of drug-likeness (QED) is 0.465. The highest BCUT2D eigenvalue weighted by Crippen LogP contribution is 2.35. The Morgan fingerprint density at radius 3 is 2.65 bits per heavy atom. The first-order chi connectivity index (χ1) is 14.7. The van der Waals surface area contributed by atoms with Crippen molar-refractivity contribution in [1.82, 2.24) is 10.3 Å². The van der Waals surface area contributed by atoms with Crippen molar-refractivity contribution >= 4 is 45.4 Å². The van der Waals surface area contributed by atoms with Gasteiger partial charge in [-0.1, -0.05) is 11.6 Å². The van der Waals surface area contributed by atoms with Gasteiger partial charge in [0.05, 0.1) is 10.4 Å². The standard InChI is InChI=1S/C22H21ClF3N3OS/c1-12-5-8-19(31-12)21(30)28-15-4-2-3-14(10-15)27-18-11-20(22(24,25)26)29-17-7-6-13(23)9-16(17)18/h5-9,11,14-15H,2-4,10H2,1H3,(H,27,29)(H,28,30)/t14-,15+/m0/s1. The summed E-state index contributed by atoms with van der Waals surface area (Å²) in [5.74, 6) is -0.107. The number of nitrogens with zero attached hydrogens (tertiary/aromatic N) is 1. The van der Waals surface area contributed by atoms with E-state index in [0.717, 1.165) is 30.2 Å². The fourth-order valence-electron chi connectivity index (χ4n) is 3.95. The predicted octanol–water partition coefficient (Wildman–Crippen LogP) is 6.43. The first-order valence-corrected chi connectivity index (χ1v) is 11.2. The second kappa shape index (κ2) is 8.67. The van der Waals surface area contributed by atoms with Crippen LogP contribution >= 0.6 is 22.9 Å². The maximum absolute atomic E-state index is 13.4. The normalized spacial score (nSPS) is 19.4. The molecule has 4 nitrogen and oxygen atoms in total. The van der Waals surface area contributed by atoms with Crippen LogP contribution in [0.1, 0.15) is 45.9 Å². The summed E-state index contributed by atoms with van der Waals surface area (Å²) in [7, 11) is 0. The Morgan fingerprint density at radius 2 is 1.94 bits per heavy atom. The van der Waals surface area contributed by atoms with E-state index in [9.17, 15) is 18.0 Å². The summed E-state index contributed by atoms with van der Waals surface area (Å²) in [6.07, 6.45) is -1.42. The van der Waals surface area contributed by atoms with Gasteiger partial charge >= 0.3 is 6.18 Å². The average Bonchev–Trinajstić information content (AvgIpc) is 3.14. The number of benzene rings is 1. The third-order valence-corrected chi connectivity index (χ3v) is 6.63. The molecule has 164 valence electrons. The molecule has 31 heavy (non-hydrogen) atoms. The largest absolute Gasteiger partial charge is 0.433 e. The van der Waals surface area contributed by atoms with Crippen molar-refractivity contribution in [3.05, 3.63) is 56.9 Å². The number of thiophene rings is 1. The van der Waals surface area contributed by atoms with E-state index in [0.29, 0.717) is 27.4 Å². The van der Waals surface area contributed by atoms with Gasteiger partial charge in [0.2, 0.25) is 0 Å².